The van der Waals surface area contributed by atoms with E-state index in [0.29, 0.717) is 27.9 Å². The number of hydrogen-bond acceptors (Lipinski definition) is 6. The van der Waals surface area contributed by atoms with Gasteiger partial charge < -0.3 is 9.84 Å². The van der Waals surface area contributed by atoms with E-state index in [1.165, 1.54) is 16.7 Å². The highest BCUT2D eigenvalue weighted by molar-refractivity contribution is 8.26. The summed E-state index contributed by atoms with van der Waals surface area (Å²) in [6, 6.07) is 27.4. The Morgan fingerprint density at radius 3 is 2.38 bits per heavy atom. The quantitative estimate of drug-likeness (QED) is 0.185. The summed E-state index contributed by atoms with van der Waals surface area (Å²) in [6.45, 7) is 0.747. The summed E-state index contributed by atoms with van der Waals surface area (Å²) in [5.41, 5.74) is 4.33. The number of thiocarbonyl (C=S) groups is 1. The number of nitrogens with zero attached hydrogens (tertiary/aromatic N) is 3. The fraction of sp³-hybridized carbons (Fsp3) is 0.133. The molecule has 39 heavy (non-hydrogen) atoms. The first-order chi connectivity index (χ1) is 19.0. The van der Waals surface area contributed by atoms with Crippen LogP contribution < -0.4 is 4.74 Å². The van der Waals surface area contributed by atoms with Gasteiger partial charge in [0.25, 0.3) is 5.91 Å². The smallest absolute Gasteiger partial charge is 0.303 e. The van der Waals surface area contributed by atoms with Crippen LogP contribution >= 0.6 is 24.0 Å². The molecule has 0 atom stereocenters. The molecule has 1 amide bonds. The lowest BCUT2D eigenvalue weighted by molar-refractivity contribution is -0.137. The van der Waals surface area contributed by atoms with E-state index in [9.17, 15) is 9.59 Å². The van der Waals surface area contributed by atoms with Crippen molar-refractivity contribution in [2.75, 3.05) is 6.54 Å². The van der Waals surface area contributed by atoms with Gasteiger partial charge >= 0.3 is 5.97 Å². The molecule has 1 fully saturated rings. The Bertz CT molecular complexity index is 1520. The zero-order valence-corrected chi connectivity index (χ0v) is 22.5. The van der Waals surface area contributed by atoms with Crippen molar-refractivity contribution >= 4 is 46.3 Å². The van der Waals surface area contributed by atoms with Crippen molar-refractivity contribution in [3.05, 3.63) is 107 Å². The number of thioether (sulfide) groups is 1. The van der Waals surface area contributed by atoms with E-state index < -0.39 is 5.97 Å². The van der Waals surface area contributed by atoms with E-state index in [-0.39, 0.29) is 18.9 Å². The van der Waals surface area contributed by atoms with Crippen molar-refractivity contribution in [3.63, 3.8) is 0 Å². The maximum absolute atomic E-state index is 13.1. The van der Waals surface area contributed by atoms with Gasteiger partial charge in [0, 0.05) is 30.3 Å². The number of carboxylic acid groups (broad SMARTS) is 1. The normalized spacial score (nSPS) is 14.3. The lowest BCUT2D eigenvalue weighted by Gasteiger charge is -2.13. The average Bonchev–Trinajstić information content (AvgIpc) is 3.49. The van der Waals surface area contributed by atoms with Crippen LogP contribution in [0.3, 0.4) is 0 Å². The van der Waals surface area contributed by atoms with Crippen LogP contribution in [0.15, 0.2) is 96.0 Å². The second kappa shape index (κ2) is 12.1. The van der Waals surface area contributed by atoms with Crippen molar-refractivity contribution in [2.24, 2.45) is 0 Å². The summed E-state index contributed by atoms with van der Waals surface area (Å²) < 4.78 is 8.15. The third kappa shape index (κ3) is 6.45. The molecule has 5 rings (SSSR count). The number of para-hydroxylation sites is 1. The van der Waals surface area contributed by atoms with Crippen LogP contribution in [0.25, 0.3) is 23.0 Å². The minimum absolute atomic E-state index is 0.0187. The summed E-state index contributed by atoms with van der Waals surface area (Å²) in [6.07, 6.45) is 4.01. The molecule has 196 valence electrons. The van der Waals surface area contributed by atoms with Gasteiger partial charge in [-0.3, -0.25) is 14.5 Å². The maximum Gasteiger partial charge on any atom is 0.303 e. The number of benzene rings is 3. The molecule has 3 aromatic carbocycles. The second-order valence-corrected chi connectivity index (χ2v) is 10.5. The third-order valence-corrected chi connectivity index (χ3v) is 7.45. The predicted molar refractivity (Wildman–Crippen MR) is 157 cm³/mol. The number of carbonyl (C=O) groups excluding carboxylic acids is 1. The van der Waals surface area contributed by atoms with Crippen LogP contribution in [0.5, 0.6) is 5.75 Å². The molecule has 1 aliphatic rings. The standard InChI is InChI=1S/C30H25N3O4S2/c34-27(35)12-7-17-32-29(36)26(39-30(32)38)18-23-19-33(24-10-5-2-6-11-24)31-28(23)22-13-15-25(16-14-22)37-20-21-8-3-1-4-9-21/h1-6,8-11,13-16,18-19H,7,12,17,20H2,(H,34,35). The van der Waals surface area contributed by atoms with Crippen LogP contribution in [0, 0.1) is 0 Å². The number of rotatable bonds is 10. The minimum atomic E-state index is -0.898. The molecule has 4 aromatic rings. The van der Waals surface area contributed by atoms with Crippen LogP contribution in [0.1, 0.15) is 24.0 Å². The van der Waals surface area contributed by atoms with Crippen LogP contribution in [-0.4, -0.2) is 42.5 Å². The third-order valence-electron chi connectivity index (χ3n) is 6.07. The first kappa shape index (κ1) is 26.4. The molecule has 0 saturated carbocycles. The van der Waals surface area contributed by atoms with E-state index in [1.54, 1.807) is 10.8 Å². The molecule has 0 unspecified atom stereocenters. The monoisotopic (exact) mass is 555 g/mol. The summed E-state index contributed by atoms with van der Waals surface area (Å²) in [5, 5.41) is 13.8. The molecular formula is C30H25N3O4S2. The number of aromatic nitrogens is 2. The van der Waals surface area contributed by atoms with Gasteiger partial charge in [0.05, 0.1) is 16.3 Å². The summed E-state index contributed by atoms with van der Waals surface area (Å²) in [4.78, 5) is 25.9. The maximum atomic E-state index is 13.1. The molecule has 1 N–H and O–H groups in total. The highest BCUT2D eigenvalue weighted by Gasteiger charge is 2.32. The molecule has 1 aromatic heterocycles. The Hall–Kier alpha value is -4.21. The zero-order chi connectivity index (χ0) is 27.2. The Balaban J connectivity index is 1.42. The predicted octanol–water partition coefficient (Wildman–Crippen LogP) is 6.18. The van der Waals surface area contributed by atoms with E-state index in [2.05, 4.69) is 0 Å². The molecule has 0 aliphatic carbocycles. The van der Waals surface area contributed by atoms with Crippen molar-refractivity contribution in [3.8, 4) is 22.7 Å². The zero-order valence-electron chi connectivity index (χ0n) is 20.9. The molecule has 0 bridgehead atoms. The van der Waals surface area contributed by atoms with Crippen LogP contribution in [-0.2, 0) is 16.2 Å². The van der Waals surface area contributed by atoms with Gasteiger partial charge in [-0.1, -0.05) is 72.5 Å². The van der Waals surface area contributed by atoms with E-state index in [0.717, 1.165) is 28.1 Å². The first-order valence-corrected chi connectivity index (χ1v) is 13.6. The Labute approximate surface area is 235 Å². The molecule has 9 heteroatoms. The highest BCUT2D eigenvalue weighted by Crippen LogP contribution is 2.35. The molecule has 0 radical (unpaired) electrons. The topological polar surface area (TPSA) is 84.7 Å². The summed E-state index contributed by atoms with van der Waals surface area (Å²) in [7, 11) is 0. The van der Waals surface area contributed by atoms with Crippen LogP contribution in [0.2, 0.25) is 0 Å². The average molecular weight is 556 g/mol. The Morgan fingerprint density at radius 2 is 1.69 bits per heavy atom. The van der Waals surface area contributed by atoms with Gasteiger partial charge in [0.2, 0.25) is 0 Å². The number of amides is 1. The molecule has 1 aliphatic heterocycles. The van der Waals surface area contributed by atoms with Gasteiger partial charge in [-0.05, 0) is 54.5 Å². The van der Waals surface area contributed by atoms with E-state index in [1.807, 2.05) is 91.1 Å². The summed E-state index contributed by atoms with van der Waals surface area (Å²) in [5.74, 6) is -0.377. The van der Waals surface area contributed by atoms with Gasteiger partial charge in [0.15, 0.2) is 0 Å². The van der Waals surface area contributed by atoms with Gasteiger partial charge in [0.1, 0.15) is 16.7 Å². The number of ether oxygens (including phenoxy) is 1. The van der Waals surface area contributed by atoms with E-state index in [4.69, 9.17) is 27.2 Å². The lowest BCUT2D eigenvalue weighted by Crippen LogP contribution is -2.29. The van der Waals surface area contributed by atoms with Crippen molar-refractivity contribution in [2.45, 2.75) is 19.4 Å². The lowest BCUT2D eigenvalue weighted by atomic mass is 10.1. The van der Waals surface area contributed by atoms with Gasteiger partial charge in [-0.25, -0.2) is 4.68 Å². The van der Waals surface area contributed by atoms with Gasteiger partial charge in [-0.15, -0.1) is 0 Å². The number of carboxylic acids is 1. The SMILES string of the molecule is O=C(O)CCCN1C(=O)C(=Cc2cn(-c3ccccc3)nc2-c2ccc(OCc3ccccc3)cc2)SC1=S. The molecular weight excluding hydrogens is 530 g/mol. The van der Waals surface area contributed by atoms with Crippen molar-refractivity contribution in [1.82, 2.24) is 14.7 Å². The number of carbonyl (C=O) groups is 2. The van der Waals surface area contributed by atoms with Crippen molar-refractivity contribution in [1.29, 1.82) is 0 Å². The van der Waals surface area contributed by atoms with Crippen molar-refractivity contribution < 1.29 is 19.4 Å². The van der Waals surface area contributed by atoms with Crippen LogP contribution in [0.4, 0.5) is 0 Å². The Kier molecular flexibility index (Phi) is 8.19. The largest absolute Gasteiger partial charge is 0.489 e. The van der Waals surface area contributed by atoms with Gasteiger partial charge in [-0.2, -0.15) is 5.10 Å². The number of aliphatic carboxylic acids is 1. The molecule has 2 heterocycles. The molecule has 7 nitrogen and oxygen atoms in total. The highest BCUT2D eigenvalue weighted by atomic mass is 32.2. The molecule has 0 spiro atoms. The first-order valence-electron chi connectivity index (χ1n) is 12.4. The summed E-state index contributed by atoms with van der Waals surface area (Å²) >= 11 is 6.63. The van der Waals surface area contributed by atoms with E-state index >= 15 is 0 Å². The second-order valence-electron chi connectivity index (χ2n) is 8.84. The fourth-order valence-corrected chi connectivity index (χ4v) is 5.40. The molecule has 1 saturated heterocycles. The number of hydrogen-bond donors (Lipinski definition) is 1. The fourth-order valence-electron chi connectivity index (χ4n) is 4.10. The Morgan fingerprint density at radius 1 is 1.00 bits per heavy atom. The minimum Gasteiger partial charge on any atom is -0.489 e.